The van der Waals surface area contributed by atoms with E-state index in [9.17, 15) is 9.59 Å². The van der Waals surface area contributed by atoms with Crippen molar-refractivity contribution in [2.24, 2.45) is 0 Å². The molecule has 2 rings (SSSR count). The number of hydrogen-bond donors (Lipinski definition) is 0. The molecule has 0 heterocycles. The molecule has 0 saturated carbocycles. The van der Waals surface area contributed by atoms with Crippen LogP contribution in [0.2, 0.25) is 0 Å². The quantitative estimate of drug-likeness (QED) is 0.224. The Morgan fingerprint density at radius 3 is 2.50 bits per heavy atom. The van der Waals surface area contributed by atoms with E-state index in [0.717, 1.165) is 43.3 Å². The summed E-state index contributed by atoms with van der Waals surface area (Å²) in [7, 11) is 5.23. The molecule has 0 aliphatic heterocycles. The van der Waals surface area contributed by atoms with E-state index in [0.29, 0.717) is 23.5 Å². The Kier molecular flexibility index (Phi) is 12.3. The average Bonchev–Trinajstić information content (AvgIpc) is 2.81. The van der Waals surface area contributed by atoms with E-state index >= 15 is 0 Å². The van der Waals surface area contributed by atoms with Crippen LogP contribution in [0, 0.1) is 6.07 Å². The van der Waals surface area contributed by atoms with Gasteiger partial charge in [-0.1, -0.05) is 6.07 Å². The van der Waals surface area contributed by atoms with Gasteiger partial charge < -0.3 is 19.1 Å². The number of aldehydes is 1. The Labute approximate surface area is 214 Å². The van der Waals surface area contributed by atoms with Crippen LogP contribution in [0.5, 0.6) is 11.5 Å². The van der Waals surface area contributed by atoms with Gasteiger partial charge in [0.25, 0.3) is 0 Å². The molecule has 0 fully saturated rings. The van der Waals surface area contributed by atoms with Crippen LogP contribution in [0.15, 0.2) is 36.4 Å². The van der Waals surface area contributed by atoms with E-state index in [1.807, 2.05) is 45.0 Å². The number of ether oxygens (including phenoxy) is 3. The number of benzene rings is 2. The molecule has 2 aromatic carbocycles. The Morgan fingerprint density at radius 1 is 1.15 bits per heavy atom. The summed E-state index contributed by atoms with van der Waals surface area (Å²) in [5.41, 5.74) is 1.76. The molecule has 189 valence electrons. The summed E-state index contributed by atoms with van der Waals surface area (Å²) in [6, 6.07) is 14.2. The smallest absolute Gasteiger partial charge is 0.314 e. The topological polar surface area (TPSA) is 65.1 Å². The van der Waals surface area contributed by atoms with E-state index in [4.69, 9.17) is 14.2 Å². The first kappa shape index (κ1) is 29.7. The SMILES string of the molecule is COc1[c-]ccc(C(C)(CCCN(C)CCc2ccc(C=O)c(OC)c2)C(=O)OC(C)C)c1.[Co]. The summed E-state index contributed by atoms with van der Waals surface area (Å²) in [5.74, 6) is 0.972. The number of rotatable bonds is 13. The third-order valence-corrected chi connectivity index (χ3v) is 5.85. The molecule has 0 aliphatic carbocycles. The molecule has 0 N–H and O–H groups in total. The fourth-order valence-electron chi connectivity index (χ4n) is 3.76. The van der Waals surface area contributed by atoms with Crippen LogP contribution < -0.4 is 9.47 Å². The first-order valence-corrected chi connectivity index (χ1v) is 11.3. The second kappa shape index (κ2) is 14.1. The van der Waals surface area contributed by atoms with Crippen molar-refractivity contribution in [3.05, 3.63) is 59.2 Å². The van der Waals surface area contributed by atoms with Crippen molar-refractivity contribution < 1.29 is 40.6 Å². The van der Waals surface area contributed by atoms with Gasteiger partial charge in [-0.2, -0.15) is 12.1 Å². The molecular weight excluding hydrogens is 477 g/mol. The maximum absolute atomic E-state index is 13.1. The zero-order valence-electron chi connectivity index (χ0n) is 21.0. The fourth-order valence-corrected chi connectivity index (χ4v) is 3.76. The van der Waals surface area contributed by atoms with Crippen LogP contribution in [-0.2, 0) is 38.1 Å². The minimum absolute atomic E-state index is 0. The number of carbonyl (C=O) groups is 2. The number of methoxy groups -OCH3 is 2. The zero-order valence-corrected chi connectivity index (χ0v) is 22.0. The second-order valence-corrected chi connectivity index (χ2v) is 8.78. The maximum Gasteiger partial charge on any atom is 0.314 e. The van der Waals surface area contributed by atoms with Crippen LogP contribution in [-0.4, -0.2) is 57.6 Å². The van der Waals surface area contributed by atoms with Gasteiger partial charge in [-0.05, 0) is 71.3 Å². The summed E-state index contributed by atoms with van der Waals surface area (Å²) >= 11 is 0. The standard InChI is InChI=1S/C27H36NO5.Co/c1-20(2)33-26(30)27(3,23-9-7-10-24(18-23)31-5)14-8-15-28(4)16-13-21-11-12-22(19-29)25(17-21)32-6;/h7,9,11-12,17-20H,8,13-16H2,1-6H3;/q-1;. The largest absolute Gasteiger partial charge is 0.523 e. The van der Waals surface area contributed by atoms with E-state index in [-0.39, 0.29) is 28.9 Å². The third kappa shape index (κ3) is 8.15. The molecule has 0 saturated heterocycles. The molecule has 0 spiro atoms. The van der Waals surface area contributed by atoms with Gasteiger partial charge in [0.05, 0.1) is 31.3 Å². The summed E-state index contributed by atoms with van der Waals surface area (Å²) in [6.07, 6.45) is 2.94. The molecule has 0 amide bonds. The molecule has 1 unspecified atom stereocenters. The van der Waals surface area contributed by atoms with Crippen LogP contribution in [0.1, 0.15) is 55.1 Å². The van der Waals surface area contributed by atoms with Gasteiger partial charge in [0.2, 0.25) is 0 Å². The Morgan fingerprint density at radius 2 is 1.88 bits per heavy atom. The number of esters is 1. The van der Waals surface area contributed by atoms with Gasteiger partial charge in [0, 0.05) is 29.1 Å². The van der Waals surface area contributed by atoms with Gasteiger partial charge in [0.1, 0.15) is 5.75 Å². The molecule has 0 bridgehead atoms. The van der Waals surface area contributed by atoms with Gasteiger partial charge in [-0.15, -0.1) is 17.7 Å². The predicted molar refractivity (Wildman–Crippen MR) is 129 cm³/mol. The van der Waals surface area contributed by atoms with Crippen molar-refractivity contribution in [3.63, 3.8) is 0 Å². The zero-order chi connectivity index (χ0) is 24.4. The number of nitrogens with zero attached hydrogens (tertiary/aromatic N) is 1. The molecule has 6 nitrogen and oxygen atoms in total. The Balaban J connectivity index is 0.00000578. The second-order valence-electron chi connectivity index (χ2n) is 8.78. The molecular formula is C27H36CoNO5-. The monoisotopic (exact) mass is 513 g/mol. The maximum atomic E-state index is 13.1. The Hall–Kier alpha value is -2.35. The molecule has 1 atom stereocenters. The molecule has 1 radical (unpaired) electrons. The van der Waals surface area contributed by atoms with E-state index < -0.39 is 5.41 Å². The van der Waals surface area contributed by atoms with Crippen LogP contribution in [0.4, 0.5) is 0 Å². The molecule has 34 heavy (non-hydrogen) atoms. The van der Waals surface area contributed by atoms with Crippen LogP contribution >= 0.6 is 0 Å². The van der Waals surface area contributed by atoms with Gasteiger partial charge in [0.15, 0.2) is 6.29 Å². The number of likely N-dealkylation sites (N-methyl/N-ethyl adjacent to an activating group) is 1. The van der Waals surface area contributed by atoms with Crippen molar-refractivity contribution >= 4 is 12.3 Å². The number of hydrogen-bond acceptors (Lipinski definition) is 6. The minimum Gasteiger partial charge on any atom is -0.523 e. The molecule has 0 aromatic heterocycles. The molecule has 7 heteroatoms. The Bertz CT molecular complexity index is 933. The van der Waals surface area contributed by atoms with Gasteiger partial charge in [-0.3, -0.25) is 9.59 Å². The van der Waals surface area contributed by atoms with Crippen LogP contribution in [0.3, 0.4) is 0 Å². The van der Waals surface area contributed by atoms with E-state index in [1.165, 1.54) is 0 Å². The summed E-state index contributed by atoms with van der Waals surface area (Å²) in [5, 5.41) is 0. The number of carbonyl (C=O) groups excluding carboxylic acids is 2. The van der Waals surface area contributed by atoms with Gasteiger partial charge in [-0.25, -0.2) is 0 Å². The predicted octanol–water partition coefficient (Wildman–Crippen LogP) is 4.48. The van der Waals surface area contributed by atoms with Crippen molar-refractivity contribution in [2.45, 2.75) is 51.6 Å². The van der Waals surface area contributed by atoms with Crippen molar-refractivity contribution in [1.82, 2.24) is 4.90 Å². The van der Waals surface area contributed by atoms with Crippen LogP contribution in [0.25, 0.3) is 0 Å². The summed E-state index contributed by atoms with van der Waals surface area (Å²) < 4.78 is 16.2. The van der Waals surface area contributed by atoms with E-state index in [2.05, 4.69) is 18.0 Å². The fraction of sp³-hybridized carbons (Fsp3) is 0.481. The third-order valence-electron chi connectivity index (χ3n) is 5.85. The van der Waals surface area contributed by atoms with E-state index in [1.54, 1.807) is 26.4 Å². The van der Waals surface area contributed by atoms with Gasteiger partial charge >= 0.3 is 5.97 Å². The summed E-state index contributed by atoms with van der Waals surface area (Å²) in [4.78, 5) is 26.4. The van der Waals surface area contributed by atoms with Crippen molar-refractivity contribution in [2.75, 3.05) is 34.4 Å². The molecule has 2 aromatic rings. The minimum atomic E-state index is -0.772. The first-order valence-electron chi connectivity index (χ1n) is 11.3. The summed E-state index contributed by atoms with van der Waals surface area (Å²) in [6.45, 7) is 7.35. The van der Waals surface area contributed by atoms with Crippen molar-refractivity contribution in [1.29, 1.82) is 0 Å². The average molecular weight is 514 g/mol. The van der Waals surface area contributed by atoms with Crippen molar-refractivity contribution in [3.8, 4) is 11.5 Å². The molecule has 0 aliphatic rings. The normalized spacial score (nSPS) is 12.6. The first-order chi connectivity index (χ1) is 15.7.